The predicted molar refractivity (Wildman–Crippen MR) is 83.0 cm³/mol. The van der Waals surface area contributed by atoms with Crippen LogP contribution in [0.2, 0.25) is 0 Å². The van der Waals surface area contributed by atoms with Crippen molar-refractivity contribution < 1.29 is 9.59 Å². The first-order valence-corrected chi connectivity index (χ1v) is 8.46. The predicted octanol–water partition coefficient (Wildman–Crippen LogP) is 1.91. The third kappa shape index (κ3) is 3.59. The van der Waals surface area contributed by atoms with Gasteiger partial charge in [0.15, 0.2) is 0 Å². The van der Waals surface area contributed by atoms with Crippen LogP contribution in [-0.2, 0) is 9.59 Å². The average molecular weight is 304 g/mol. The van der Waals surface area contributed by atoms with Crippen molar-refractivity contribution in [2.75, 3.05) is 18.8 Å². The molecule has 0 radical (unpaired) electrons. The van der Waals surface area contributed by atoms with Gasteiger partial charge in [0.05, 0.1) is 5.75 Å². The molecule has 2 fully saturated rings. The molecule has 2 heterocycles. The number of amides is 2. The Bertz CT molecular complexity index is 520. The normalized spacial score (nSPS) is 25.1. The Morgan fingerprint density at radius 2 is 2.10 bits per heavy atom. The first-order chi connectivity index (χ1) is 10.2. The number of nitrogens with one attached hydrogen (secondary N) is 1. The first-order valence-electron chi connectivity index (χ1n) is 7.47. The van der Waals surface area contributed by atoms with Gasteiger partial charge in [0, 0.05) is 30.4 Å². The molecule has 1 N–H and O–H groups in total. The van der Waals surface area contributed by atoms with E-state index in [0.29, 0.717) is 18.1 Å². The summed E-state index contributed by atoms with van der Waals surface area (Å²) in [6.07, 6.45) is 2.40. The Hall–Kier alpha value is -1.49. The van der Waals surface area contributed by atoms with Crippen LogP contribution in [0.15, 0.2) is 35.2 Å². The molecule has 0 spiro atoms. The van der Waals surface area contributed by atoms with Crippen LogP contribution in [0.3, 0.4) is 0 Å². The molecule has 2 unspecified atom stereocenters. The second kappa shape index (κ2) is 6.52. The maximum absolute atomic E-state index is 12.3. The van der Waals surface area contributed by atoms with E-state index in [4.69, 9.17) is 0 Å². The second-order valence-corrected chi connectivity index (χ2v) is 6.75. The summed E-state index contributed by atoms with van der Waals surface area (Å²) in [6.45, 7) is 1.55. The van der Waals surface area contributed by atoms with Gasteiger partial charge < -0.3 is 10.2 Å². The smallest absolute Gasteiger partial charge is 0.232 e. The molecule has 2 amide bonds. The van der Waals surface area contributed by atoms with Crippen LogP contribution in [0.5, 0.6) is 0 Å². The standard InChI is InChI=1S/C16H20N2O2S/c19-15-7-6-12-10-18(9-8-14(12)17-15)16(20)11-21-13-4-2-1-3-5-13/h1-5,12,14H,6-11H2,(H,17,19). The number of rotatable bonds is 3. The van der Waals surface area contributed by atoms with Crippen LogP contribution in [-0.4, -0.2) is 41.6 Å². The fourth-order valence-electron chi connectivity index (χ4n) is 3.09. The quantitative estimate of drug-likeness (QED) is 0.868. The Balaban J connectivity index is 1.51. The van der Waals surface area contributed by atoms with Crippen molar-refractivity contribution in [2.24, 2.45) is 5.92 Å². The molecule has 2 aliphatic rings. The largest absolute Gasteiger partial charge is 0.353 e. The zero-order valence-corrected chi connectivity index (χ0v) is 12.8. The van der Waals surface area contributed by atoms with Gasteiger partial charge in [-0.25, -0.2) is 0 Å². The van der Waals surface area contributed by atoms with Crippen molar-refractivity contribution in [1.29, 1.82) is 0 Å². The molecule has 1 aromatic rings. The van der Waals surface area contributed by atoms with Crippen LogP contribution in [0.25, 0.3) is 0 Å². The van der Waals surface area contributed by atoms with Gasteiger partial charge >= 0.3 is 0 Å². The van der Waals surface area contributed by atoms with E-state index in [-0.39, 0.29) is 17.9 Å². The van der Waals surface area contributed by atoms with E-state index in [9.17, 15) is 9.59 Å². The third-order valence-electron chi connectivity index (χ3n) is 4.28. The molecule has 2 atom stereocenters. The lowest BCUT2D eigenvalue weighted by Crippen LogP contribution is -2.55. The van der Waals surface area contributed by atoms with Gasteiger partial charge in [-0.1, -0.05) is 18.2 Å². The summed E-state index contributed by atoms with van der Waals surface area (Å²) in [5.74, 6) is 1.30. The monoisotopic (exact) mass is 304 g/mol. The number of thioether (sulfide) groups is 1. The van der Waals surface area contributed by atoms with Crippen molar-refractivity contribution in [1.82, 2.24) is 10.2 Å². The highest BCUT2D eigenvalue weighted by atomic mass is 32.2. The lowest BCUT2D eigenvalue weighted by molar-refractivity contribution is -0.132. The summed E-state index contributed by atoms with van der Waals surface area (Å²) in [6, 6.07) is 10.3. The van der Waals surface area contributed by atoms with E-state index >= 15 is 0 Å². The number of carbonyl (C=O) groups is 2. The Kier molecular flexibility index (Phi) is 4.48. The zero-order chi connectivity index (χ0) is 14.7. The van der Waals surface area contributed by atoms with E-state index in [1.807, 2.05) is 35.2 Å². The first kappa shape index (κ1) is 14.4. The van der Waals surface area contributed by atoms with E-state index < -0.39 is 0 Å². The molecule has 2 saturated heterocycles. The van der Waals surface area contributed by atoms with Crippen LogP contribution in [0.1, 0.15) is 19.3 Å². The SMILES string of the molecule is O=C1CCC2CN(C(=O)CSc3ccccc3)CCC2N1. The van der Waals surface area contributed by atoms with E-state index in [0.717, 1.165) is 30.8 Å². The highest BCUT2D eigenvalue weighted by Gasteiger charge is 2.35. The third-order valence-corrected chi connectivity index (χ3v) is 5.28. The summed E-state index contributed by atoms with van der Waals surface area (Å²) in [7, 11) is 0. The summed E-state index contributed by atoms with van der Waals surface area (Å²) in [4.78, 5) is 26.8. The molecule has 4 nitrogen and oxygen atoms in total. The number of piperidine rings is 2. The van der Waals surface area contributed by atoms with Gasteiger partial charge in [0.1, 0.15) is 0 Å². The van der Waals surface area contributed by atoms with Crippen LogP contribution < -0.4 is 5.32 Å². The number of benzene rings is 1. The Morgan fingerprint density at radius 3 is 2.90 bits per heavy atom. The molecule has 0 aliphatic carbocycles. The summed E-state index contributed by atoms with van der Waals surface area (Å²) in [5.41, 5.74) is 0. The minimum atomic E-state index is 0.163. The molecule has 112 valence electrons. The van der Waals surface area contributed by atoms with Gasteiger partial charge in [-0.3, -0.25) is 9.59 Å². The van der Waals surface area contributed by atoms with Gasteiger partial charge in [-0.2, -0.15) is 0 Å². The van der Waals surface area contributed by atoms with Gasteiger partial charge in [0.2, 0.25) is 11.8 Å². The van der Waals surface area contributed by atoms with Crippen LogP contribution in [0.4, 0.5) is 0 Å². The molecule has 0 aromatic heterocycles. The van der Waals surface area contributed by atoms with Crippen molar-refractivity contribution >= 4 is 23.6 Å². The van der Waals surface area contributed by atoms with E-state index in [1.165, 1.54) is 0 Å². The van der Waals surface area contributed by atoms with Crippen molar-refractivity contribution in [3.05, 3.63) is 30.3 Å². The highest BCUT2D eigenvalue weighted by Crippen LogP contribution is 2.26. The number of hydrogen-bond donors (Lipinski definition) is 1. The molecular weight excluding hydrogens is 284 g/mol. The van der Waals surface area contributed by atoms with E-state index in [1.54, 1.807) is 11.8 Å². The summed E-state index contributed by atoms with van der Waals surface area (Å²) < 4.78 is 0. The van der Waals surface area contributed by atoms with E-state index in [2.05, 4.69) is 5.32 Å². The van der Waals surface area contributed by atoms with Gasteiger partial charge in [0.25, 0.3) is 0 Å². The van der Waals surface area contributed by atoms with Crippen LogP contribution in [0, 0.1) is 5.92 Å². The number of hydrogen-bond acceptors (Lipinski definition) is 3. The molecule has 0 bridgehead atoms. The minimum absolute atomic E-state index is 0.163. The average Bonchev–Trinajstić information content (AvgIpc) is 2.53. The molecule has 3 rings (SSSR count). The fraction of sp³-hybridized carbons (Fsp3) is 0.500. The van der Waals surface area contributed by atoms with Crippen LogP contribution >= 0.6 is 11.8 Å². The summed E-state index contributed by atoms with van der Waals surface area (Å²) in [5, 5.41) is 3.05. The molecule has 21 heavy (non-hydrogen) atoms. The molecular formula is C16H20N2O2S. The van der Waals surface area contributed by atoms with Crippen molar-refractivity contribution in [3.8, 4) is 0 Å². The van der Waals surface area contributed by atoms with Gasteiger partial charge in [-0.15, -0.1) is 11.8 Å². The van der Waals surface area contributed by atoms with Crippen molar-refractivity contribution in [2.45, 2.75) is 30.2 Å². The molecule has 1 aromatic carbocycles. The summed E-state index contributed by atoms with van der Waals surface area (Å²) >= 11 is 1.59. The lowest BCUT2D eigenvalue weighted by atomic mass is 9.85. The zero-order valence-electron chi connectivity index (χ0n) is 12.0. The number of carbonyl (C=O) groups excluding carboxylic acids is 2. The lowest BCUT2D eigenvalue weighted by Gasteiger charge is -2.41. The second-order valence-electron chi connectivity index (χ2n) is 5.70. The topological polar surface area (TPSA) is 49.4 Å². The molecule has 2 aliphatic heterocycles. The fourth-order valence-corrected chi connectivity index (χ4v) is 3.91. The maximum Gasteiger partial charge on any atom is 0.232 e. The molecule has 5 heteroatoms. The minimum Gasteiger partial charge on any atom is -0.353 e. The number of likely N-dealkylation sites (tertiary alicyclic amines) is 1. The number of nitrogens with zero attached hydrogens (tertiary/aromatic N) is 1. The Labute approximate surface area is 129 Å². The number of fused-ring (bicyclic) bond motifs is 1. The van der Waals surface area contributed by atoms with Crippen molar-refractivity contribution in [3.63, 3.8) is 0 Å². The highest BCUT2D eigenvalue weighted by molar-refractivity contribution is 8.00. The van der Waals surface area contributed by atoms with Gasteiger partial charge in [-0.05, 0) is 30.9 Å². The Morgan fingerprint density at radius 1 is 1.29 bits per heavy atom. The molecule has 0 saturated carbocycles. The maximum atomic E-state index is 12.3.